The van der Waals surface area contributed by atoms with Crippen molar-refractivity contribution in [3.05, 3.63) is 17.6 Å². The Kier molecular flexibility index (Phi) is 5.95. The maximum absolute atomic E-state index is 4.68. The normalized spacial score (nSPS) is 22.1. The molecule has 0 amide bonds. The van der Waals surface area contributed by atoms with E-state index >= 15 is 0 Å². The first-order valence-electron chi connectivity index (χ1n) is 10.1. The Bertz CT molecular complexity index is 565. The molecule has 5 nitrogen and oxygen atoms in total. The van der Waals surface area contributed by atoms with Crippen molar-refractivity contribution in [1.29, 1.82) is 0 Å². The van der Waals surface area contributed by atoms with E-state index in [0.29, 0.717) is 12.1 Å². The summed E-state index contributed by atoms with van der Waals surface area (Å²) in [5.74, 6) is 1.93. The zero-order chi connectivity index (χ0) is 18.0. The molecule has 0 saturated carbocycles. The molecule has 1 aromatic rings. The Morgan fingerprint density at radius 2 is 1.68 bits per heavy atom. The predicted molar refractivity (Wildman–Crippen MR) is 104 cm³/mol. The summed E-state index contributed by atoms with van der Waals surface area (Å²) in [5.41, 5.74) is 2.64. The van der Waals surface area contributed by atoms with E-state index in [1.807, 2.05) is 0 Å². The number of fused-ring (bicyclic) bond motifs is 1. The van der Waals surface area contributed by atoms with E-state index < -0.39 is 0 Å². The zero-order valence-electron chi connectivity index (χ0n) is 16.7. The minimum Gasteiger partial charge on any atom is -0.354 e. The summed E-state index contributed by atoms with van der Waals surface area (Å²) in [6.07, 6.45) is 4.09. The first kappa shape index (κ1) is 18.6. The van der Waals surface area contributed by atoms with E-state index in [-0.39, 0.29) is 0 Å². The van der Waals surface area contributed by atoms with Gasteiger partial charge in [-0.3, -0.25) is 9.80 Å². The van der Waals surface area contributed by atoms with Crippen LogP contribution in [0.25, 0.3) is 0 Å². The number of piperazine rings is 1. The Balaban J connectivity index is 1.72. The summed E-state index contributed by atoms with van der Waals surface area (Å²) in [6.45, 7) is 18.1. The van der Waals surface area contributed by atoms with Crippen LogP contribution in [0.2, 0.25) is 0 Å². The first-order valence-corrected chi connectivity index (χ1v) is 10.1. The SMILES string of the molecule is CCC(C)C(C)N1CCc2c(ncnc2N2CCN(C(C)C)CC2)C1. The summed E-state index contributed by atoms with van der Waals surface area (Å²) in [4.78, 5) is 17.0. The molecule has 3 heterocycles. The Morgan fingerprint density at radius 3 is 2.32 bits per heavy atom. The molecule has 1 aromatic heterocycles. The molecule has 0 aliphatic carbocycles. The van der Waals surface area contributed by atoms with Crippen molar-refractivity contribution in [2.75, 3.05) is 37.6 Å². The van der Waals surface area contributed by atoms with Gasteiger partial charge in [-0.1, -0.05) is 20.3 Å². The average Bonchev–Trinajstić information content (AvgIpc) is 2.65. The van der Waals surface area contributed by atoms with Crippen LogP contribution in [0.1, 0.15) is 52.3 Å². The van der Waals surface area contributed by atoms with E-state index in [1.165, 1.54) is 23.5 Å². The Labute approximate surface area is 153 Å². The second kappa shape index (κ2) is 8.00. The summed E-state index contributed by atoms with van der Waals surface area (Å²) >= 11 is 0. The maximum atomic E-state index is 4.68. The van der Waals surface area contributed by atoms with E-state index in [1.54, 1.807) is 6.33 Å². The molecule has 1 saturated heterocycles. The molecule has 3 rings (SSSR count). The molecule has 0 aromatic carbocycles. The largest absolute Gasteiger partial charge is 0.354 e. The van der Waals surface area contributed by atoms with Gasteiger partial charge in [0.15, 0.2) is 0 Å². The van der Waals surface area contributed by atoms with Crippen LogP contribution in [0.3, 0.4) is 0 Å². The van der Waals surface area contributed by atoms with Crippen molar-refractivity contribution < 1.29 is 0 Å². The van der Waals surface area contributed by atoms with E-state index in [0.717, 1.165) is 51.6 Å². The first-order chi connectivity index (χ1) is 12.0. The summed E-state index contributed by atoms with van der Waals surface area (Å²) in [7, 11) is 0. The number of hydrogen-bond acceptors (Lipinski definition) is 5. The molecule has 140 valence electrons. The monoisotopic (exact) mass is 345 g/mol. The number of aromatic nitrogens is 2. The smallest absolute Gasteiger partial charge is 0.135 e. The maximum Gasteiger partial charge on any atom is 0.135 e. The van der Waals surface area contributed by atoms with Crippen molar-refractivity contribution in [2.24, 2.45) is 5.92 Å². The molecule has 0 bridgehead atoms. The average molecular weight is 346 g/mol. The van der Waals surface area contributed by atoms with Gasteiger partial charge < -0.3 is 4.90 Å². The van der Waals surface area contributed by atoms with Gasteiger partial charge in [-0.25, -0.2) is 9.97 Å². The zero-order valence-corrected chi connectivity index (χ0v) is 16.7. The molecule has 2 aliphatic heterocycles. The minimum atomic E-state index is 0.617. The lowest BCUT2D eigenvalue weighted by Gasteiger charge is -2.40. The van der Waals surface area contributed by atoms with Crippen LogP contribution < -0.4 is 4.90 Å². The lowest BCUT2D eigenvalue weighted by atomic mass is 9.96. The van der Waals surface area contributed by atoms with Crippen LogP contribution in [0.4, 0.5) is 5.82 Å². The van der Waals surface area contributed by atoms with Crippen LogP contribution in [0.5, 0.6) is 0 Å². The third kappa shape index (κ3) is 3.98. The number of hydrogen-bond donors (Lipinski definition) is 0. The van der Waals surface area contributed by atoms with Crippen LogP contribution >= 0.6 is 0 Å². The fourth-order valence-electron chi connectivity index (χ4n) is 4.13. The molecule has 1 fully saturated rings. The van der Waals surface area contributed by atoms with Crippen molar-refractivity contribution >= 4 is 5.82 Å². The van der Waals surface area contributed by atoms with E-state index in [2.05, 4.69) is 59.3 Å². The number of rotatable bonds is 5. The lowest BCUT2D eigenvalue weighted by Crippen LogP contribution is -2.49. The third-order valence-electron chi connectivity index (χ3n) is 6.40. The Hall–Kier alpha value is -1.20. The number of anilines is 1. The van der Waals surface area contributed by atoms with Gasteiger partial charge in [-0.2, -0.15) is 0 Å². The van der Waals surface area contributed by atoms with Gasteiger partial charge in [-0.15, -0.1) is 0 Å². The van der Waals surface area contributed by atoms with Crippen molar-refractivity contribution in [1.82, 2.24) is 19.8 Å². The molecule has 2 aliphatic rings. The minimum absolute atomic E-state index is 0.617. The summed E-state index contributed by atoms with van der Waals surface area (Å²) in [6, 6.07) is 1.25. The second-order valence-electron chi connectivity index (χ2n) is 8.09. The summed E-state index contributed by atoms with van der Waals surface area (Å²) in [5, 5.41) is 0. The highest BCUT2D eigenvalue weighted by Gasteiger charge is 2.29. The topological polar surface area (TPSA) is 35.5 Å². The molecule has 0 N–H and O–H groups in total. The van der Waals surface area contributed by atoms with Crippen molar-refractivity contribution in [3.8, 4) is 0 Å². The quantitative estimate of drug-likeness (QED) is 0.820. The fourth-order valence-corrected chi connectivity index (χ4v) is 4.13. The van der Waals surface area contributed by atoms with Gasteiger partial charge in [0.25, 0.3) is 0 Å². The van der Waals surface area contributed by atoms with Gasteiger partial charge in [0.05, 0.1) is 5.69 Å². The van der Waals surface area contributed by atoms with Crippen molar-refractivity contribution in [3.63, 3.8) is 0 Å². The molecular formula is C20H35N5. The van der Waals surface area contributed by atoms with Crippen molar-refractivity contribution in [2.45, 2.75) is 66.1 Å². The van der Waals surface area contributed by atoms with Crippen LogP contribution in [0.15, 0.2) is 6.33 Å². The van der Waals surface area contributed by atoms with Crippen LogP contribution in [-0.4, -0.2) is 64.6 Å². The Morgan fingerprint density at radius 1 is 0.960 bits per heavy atom. The van der Waals surface area contributed by atoms with E-state index in [9.17, 15) is 0 Å². The van der Waals surface area contributed by atoms with Gasteiger partial charge in [0.2, 0.25) is 0 Å². The highest BCUT2D eigenvalue weighted by Crippen LogP contribution is 2.28. The van der Waals surface area contributed by atoms with Crippen LogP contribution in [0, 0.1) is 5.92 Å². The molecule has 0 radical (unpaired) electrons. The second-order valence-corrected chi connectivity index (χ2v) is 8.09. The third-order valence-corrected chi connectivity index (χ3v) is 6.40. The molecule has 25 heavy (non-hydrogen) atoms. The molecule has 2 atom stereocenters. The lowest BCUT2D eigenvalue weighted by molar-refractivity contribution is 0.141. The number of nitrogens with zero attached hydrogens (tertiary/aromatic N) is 5. The van der Waals surface area contributed by atoms with Gasteiger partial charge in [0, 0.05) is 56.9 Å². The summed E-state index contributed by atoms with van der Waals surface area (Å²) < 4.78 is 0. The molecule has 2 unspecified atom stereocenters. The van der Waals surface area contributed by atoms with Gasteiger partial charge in [0.1, 0.15) is 12.1 Å². The van der Waals surface area contributed by atoms with Crippen LogP contribution in [-0.2, 0) is 13.0 Å². The fraction of sp³-hybridized carbons (Fsp3) is 0.800. The standard InChI is InChI=1S/C20H35N5/c1-6-16(4)17(5)25-8-7-18-19(13-25)21-14-22-20(18)24-11-9-23(10-12-24)15(2)3/h14-17H,6-13H2,1-5H3. The van der Waals surface area contributed by atoms with Gasteiger partial charge in [-0.05, 0) is 33.1 Å². The highest BCUT2D eigenvalue weighted by atomic mass is 15.3. The highest BCUT2D eigenvalue weighted by molar-refractivity contribution is 5.50. The molecular weight excluding hydrogens is 310 g/mol. The van der Waals surface area contributed by atoms with E-state index in [4.69, 9.17) is 0 Å². The molecule has 5 heteroatoms. The molecule has 0 spiro atoms. The predicted octanol–water partition coefficient (Wildman–Crippen LogP) is 2.80. The van der Waals surface area contributed by atoms with Gasteiger partial charge >= 0.3 is 0 Å².